The Balaban J connectivity index is 2.68. The Bertz CT molecular complexity index is 606. The van der Waals surface area contributed by atoms with E-state index in [-0.39, 0.29) is 5.75 Å². The minimum absolute atomic E-state index is 0.169. The average Bonchev–Trinajstić information content (AvgIpc) is 2.35. The van der Waals surface area contributed by atoms with E-state index in [1.54, 1.807) is 7.11 Å². The fourth-order valence-corrected chi connectivity index (χ4v) is 4.09. The molecular formula is C14H19ClO3S. The highest BCUT2D eigenvalue weighted by Gasteiger charge is 2.24. The van der Waals surface area contributed by atoms with E-state index >= 15 is 0 Å². The molecule has 0 spiro atoms. The molecule has 0 aliphatic heterocycles. The Kier molecular flexibility index (Phi) is 4.11. The molecule has 1 aromatic carbocycles. The monoisotopic (exact) mass is 302 g/mol. The molecule has 19 heavy (non-hydrogen) atoms. The summed E-state index contributed by atoms with van der Waals surface area (Å²) in [5.74, 6) is 0.514. The van der Waals surface area contributed by atoms with Crippen LogP contribution in [0.15, 0.2) is 0 Å². The molecule has 2 rings (SSSR count). The van der Waals surface area contributed by atoms with Gasteiger partial charge in [0.25, 0.3) is 0 Å². The van der Waals surface area contributed by atoms with Gasteiger partial charge in [0.2, 0.25) is 9.05 Å². The first-order valence-corrected chi connectivity index (χ1v) is 8.93. The third kappa shape index (κ3) is 2.90. The Morgan fingerprint density at radius 3 is 2.11 bits per heavy atom. The number of halogens is 1. The summed E-state index contributed by atoms with van der Waals surface area (Å²) < 4.78 is 28.3. The smallest absolute Gasteiger partial charge is 0.236 e. The van der Waals surface area contributed by atoms with Crippen LogP contribution in [0, 0.1) is 13.8 Å². The van der Waals surface area contributed by atoms with E-state index in [1.165, 1.54) is 17.5 Å². The summed E-state index contributed by atoms with van der Waals surface area (Å²) in [6, 6.07) is 0. The fourth-order valence-electron chi connectivity index (χ4n) is 3.07. The first kappa shape index (κ1) is 14.7. The quantitative estimate of drug-likeness (QED) is 0.805. The van der Waals surface area contributed by atoms with Gasteiger partial charge in [0, 0.05) is 16.2 Å². The molecule has 0 bridgehead atoms. The van der Waals surface area contributed by atoms with Gasteiger partial charge in [-0.15, -0.1) is 0 Å². The van der Waals surface area contributed by atoms with Crippen LogP contribution in [-0.4, -0.2) is 15.5 Å². The third-order valence-corrected chi connectivity index (χ3v) is 4.92. The first-order chi connectivity index (χ1) is 8.85. The maximum absolute atomic E-state index is 11.4. The van der Waals surface area contributed by atoms with Crippen molar-refractivity contribution in [3.05, 3.63) is 27.8 Å². The standard InChI is InChI=1S/C14H19ClO3S/c1-9-11-6-4-5-7-12(11)10(2)14(18-3)13(9)8-19(15,16)17/h4-8H2,1-3H3. The Morgan fingerprint density at radius 1 is 1.11 bits per heavy atom. The highest BCUT2D eigenvalue weighted by Crippen LogP contribution is 2.38. The number of hydrogen-bond acceptors (Lipinski definition) is 3. The lowest BCUT2D eigenvalue weighted by Crippen LogP contribution is -2.13. The minimum atomic E-state index is -3.58. The van der Waals surface area contributed by atoms with E-state index in [9.17, 15) is 8.42 Å². The van der Waals surface area contributed by atoms with E-state index in [4.69, 9.17) is 15.4 Å². The summed E-state index contributed by atoms with van der Waals surface area (Å²) in [4.78, 5) is 0. The van der Waals surface area contributed by atoms with Crippen molar-refractivity contribution in [1.82, 2.24) is 0 Å². The molecule has 5 heteroatoms. The van der Waals surface area contributed by atoms with Crippen LogP contribution in [0.4, 0.5) is 0 Å². The van der Waals surface area contributed by atoms with Crippen molar-refractivity contribution in [2.24, 2.45) is 0 Å². The lowest BCUT2D eigenvalue weighted by Gasteiger charge is -2.25. The van der Waals surface area contributed by atoms with Gasteiger partial charge in [-0.05, 0) is 61.8 Å². The molecule has 0 fully saturated rings. The second-order valence-corrected chi connectivity index (χ2v) is 7.89. The lowest BCUT2D eigenvalue weighted by molar-refractivity contribution is 0.405. The van der Waals surface area contributed by atoms with Gasteiger partial charge in [0.15, 0.2) is 0 Å². The zero-order chi connectivity index (χ0) is 14.2. The normalized spacial score (nSPS) is 15.2. The predicted octanol–water partition coefficient (Wildman–Crippen LogP) is 3.26. The average molecular weight is 303 g/mol. The van der Waals surface area contributed by atoms with Gasteiger partial charge in [-0.1, -0.05) is 0 Å². The molecule has 0 amide bonds. The number of ether oxygens (including phenoxy) is 1. The van der Waals surface area contributed by atoms with Crippen molar-refractivity contribution >= 4 is 19.7 Å². The van der Waals surface area contributed by atoms with Crippen LogP contribution in [0.25, 0.3) is 0 Å². The fraction of sp³-hybridized carbons (Fsp3) is 0.571. The highest BCUT2D eigenvalue weighted by molar-refractivity contribution is 8.13. The molecule has 0 radical (unpaired) electrons. The summed E-state index contributed by atoms with van der Waals surface area (Å²) in [5.41, 5.74) is 5.44. The third-order valence-electron chi connectivity index (χ3n) is 3.96. The maximum atomic E-state index is 11.4. The van der Waals surface area contributed by atoms with E-state index < -0.39 is 9.05 Å². The van der Waals surface area contributed by atoms with E-state index in [2.05, 4.69) is 0 Å². The molecule has 3 nitrogen and oxygen atoms in total. The maximum Gasteiger partial charge on any atom is 0.236 e. The van der Waals surface area contributed by atoms with Gasteiger partial charge >= 0.3 is 0 Å². The van der Waals surface area contributed by atoms with Crippen molar-refractivity contribution < 1.29 is 13.2 Å². The van der Waals surface area contributed by atoms with E-state index in [1.807, 2.05) is 13.8 Å². The Labute approximate surface area is 119 Å². The van der Waals surface area contributed by atoms with Gasteiger partial charge in [0.05, 0.1) is 12.9 Å². The van der Waals surface area contributed by atoms with E-state index in [0.29, 0.717) is 5.75 Å². The number of methoxy groups -OCH3 is 1. The zero-order valence-electron chi connectivity index (χ0n) is 11.5. The minimum Gasteiger partial charge on any atom is -0.496 e. The first-order valence-electron chi connectivity index (χ1n) is 6.45. The van der Waals surface area contributed by atoms with Gasteiger partial charge in [-0.2, -0.15) is 0 Å². The Morgan fingerprint density at radius 2 is 1.63 bits per heavy atom. The molecule has 0 unspecified atom stereocenters. The van der Waals surface area contributed by atoms with Crippen molar-refractivity contribution in [3.8, 4) is 5.75 Å². The number of rotatable bonds is 3. The van der Waals surface area contributed by atoms with Crippen LogP contribution in [0.3, 0.4) is 0 Å². The summed E-state index contributed by atoms with van der Waals surface area (Å²) in [6.45, 7) is 3.98. The molecule has 0 N–H and O–H groups in total. The van der Waals surface area contributed by atoms with Crippen molar-refractivity contribution in [1.29, 1.82) is 0 Å². The van der Waals surface area contributed by atoms with Crippen LogP contribution in [0.2, 0.25) is 0 Å². The van der Waals surface area contributed by atoms with Crippen LogP contribution in [0.5, 0.6) is 5.75 Å². The topological polar surface area (TPSA) is 43.4 Å². The predicted molar refractivity (Wildman–Crippen MR) is 77.6 cm³/mol. The second-order valence-electron chi connectivity index (χ2n) is 5.11. The molecule has 1 aromatic rings. The van der Waals surface area contributed by atoms with Crippen molar-refractivity contribution in [2.75, 3.05) is 7.11 Å². The summed E-state index contributed by atoms with van der Waals surface area (Å²) >= 11 is 0. The molecule has 0 atom stereocenters. The Hall–Kier alpha value is -0.740. The largest absolute Gasteiger partial charge is 0.496 e. The van der Waals surface area contributed by atoms with Gasteiger partial charge in [0.1, 0.15) is 5.75 Å². The second kappa shape index (κ2) is 5.33. The van der Waals surface area contributed by atoms with Gasteiger partial charge in [-0.25, -0.2) is 8.42 Å². The molecule has 106 valence electrons. The highest BCUT2D eigenvalue weighted by atomic mass is 35.7. The summed E-state index contributed by atoms with van der Waals surface area (Å²) in [5, 5.41) is 0. The molecular weight excluding hydrogens is 284 g/mol. The SMILES string of the molecule is COc1c(C)c2c(c(C)c1CS(=O)(=O)Cl)CCCC2. The molecule has 0 aromatic heterocycles. The lowest BCUT2D eigenvalue weighted by atomic mass is 9.83. The molecule has 0 saturated heterocycles. The van der Waals surface area contributed by atoms with Crippen molar-refractivity contribution in [3.63, 3.8) is 0 Å². The molecule has 0 heterocycles. The number of benzene rings is 1. The molecule has 0 saturated carbocycles. The molecule has 1 aliphatic rings. The van der Waals surface area contributed by atoms with E-state index in [0.717, 1.165) is 36.0 Å². The summed E-state index contributed by atoms with van der Waals surface area (Å²) in [7, 11) is 3.42. The zero-order valence-corrected chi connectivity index (χ0v) is 13.1. The van der Waals surface area contributed by atoms with Crippen LogP contribution >= 0.6 is 10.7 Å². The van der Waals surface area contributed by atoms with Gasteiger partial charge < -0.3 is 4.74 Å². The summed E-state index contributed by atoms with van der Waals surface area (Å²) in [6.07, 6.45) is 4.41. The van der Waals surface area contributed by atoms with Crippen molar-refractivity contribution in [2.45, 2.75) is 45.3 Å². The van der Waals surface area contributed by atoms with Crippen LogP contribution in [-0.2, 0) is 27.6 Å². The van der Waals surface area contributed by atoms with Gasteiger partial charge in [-0.3, -0.25) is 0 Å². The van der Waals surface area contributed by atoms with Crippen LogP contribution < -0.4 is 4.74 Å². The van der Waals surface area contributed by atoms with Crippen LogP contribution in [0.1, 0.15) is 40.7 Å². The number of fused-ring (bicyclic) bond motifs is 1. The number of hydrogen-bond donors (Lipinski definition) is 0. The molecule has 1 aliphatic carbocycles.